The summed E-state index contributed by atoms with van der Waals surface area (Å²) in [6.07, 6.45) is 1.46. The van der Waals surface area contributed by atoms with Crippen LogP contribution >= 0.6 is 0 Å². The Balaban J connectivity index is 3.31. The molecule has 1 unspecified atom stereocenters. The zero-order valence-electron chi connectivity index (χ0n) is 8.45. The molecule has 1 atom stereocenters. The molecule has 4 N–H and O–H groups in total. The van der Waals surface area contributed by atoms with E-state index in [1.807, 2.05) is 0 Å². The van der Waals surface area contributed by atoms with Gasteiger partial charge in [0.2, 0.25) is 11.8 Å². The summed E-state index contributed by atoms with van der Waals surface area (Å²) in [5.74, 6) is -0.440. The normalized spacial score (nSPS) is 12.1. The van der Waals surface area contributed by atoms with Gasteiger partial charge in [-0.15, -0.1) is 0 Å². The quantitative estimate of drug-likeness (QED) is 0.487. The lowest BCUT2D eigenvalue weighted by Gasteiger charge is -2.06. The highest BCUT2D eigenvalue weighted by molar-refractivity contribution is 5.76. The van der Waals surface area contributed by atoms with Gasteiger partial charge in [0, 0.05) is 19.4 Å². The van der Waals surface area contributed by atoms with Crippen LogP contribution in [0.25, 0.3) is 0 Å². The topological polar surface area (TPSA) is 92.4 Å². The van der Waals surface area contributed by atoms with E-state index in [9.17, 15) is 9.59 Å². The third kappa shape index (κ3) is 8.99. The number of carbonyl (C=O) groups is 2. The molecule has 0 aliphatic carbocycles. The Labute approximate surface area is 83.7 Å². The molecule has 2 amide bonds. The number of hydrogen-bond donors (Lipinski definition) is 3. The van der Waals surface area contributed by atoms with Gasteiger partial charge in [-0.3, -0.25) is 9.59 Å². The fourth-order valence-electron chi connectivity index (χ4n) is 0.935. The molecule has 0 saturated heterocycles. The standard InChI is InChI=1S/C9H18N2O3/c1-7(12)6-11-9(14)5-3-2-4-8(10)13/h7,12H,2-6H2,1H3,(H2,10,13)(H,11,14). The van der Waals surface area contributed by atoms with Gasteiger partial charge in [0.25, 0.3) is 0 Å². The van der Waals surface area contributed by atoms with E-state index in [1.54, 1.807) is 6.92 Å². The van der Waals surface area contributed by atoms with Crippen molar-refractivity contribution in [2.75, 3.05) is 6.54 Å². The molecule has 0 aliphatic heterocycles. The number of aliphatic hydroxyl groups is 1. The van der Waals surface area contributed by atoms with Crippen molar-refractivity contribution >= 4 is 11.8 Å². The van der Waals surface area contributed by atoms with Crippen LogP contribution in [0.1, 0.15) is 32.6 Å². The molecule has 0 bridgehead atoms. The van der Waals surface area contributed by atoms with Crippen LogP contribution in [0.2, 0.25) is 0 Å². The number of primary amides is 1. The molecular weight excluding hydrogens is 184 g/mol. The summed E-state index contributed by atoms with van der Waals surface area (Å²) >= 11 is 0. The van der Waals surface area contributed by atoms with E-state index in [0.717, 1.165) is 0 Å². The van der Waals surface area contributed by atoms with Crippen molar-refractivity contribution in [3.63, 3.8) is 0 Å². The van der Waals surface area contributed by atoms with Crippen LogP contribution in [-0.4, -0.2) is 29.6 Å². The average Bonchev–Trinajstić information content (AvgIpc) is 2.08. The maximum Gasteiger partial charge on any atom is 0.220 e. The summed E-state index contributed by atoms with van der Waals surface area (Å²) in [6.45, 7) is 1.88. The van der Waals surface area contributed by atoms with Crippen molar-refractivity contribution in [1.82, 2.24) is 5.32 Å². The van der Waals surface area contributed by atoms with Crippen LogP contribution in [0, 0.1) is 0 Å². The van der Waals surface area contributed by atoms with Gasteiger partial charge < -0.3 is 16.2 Å². The molecule has 0 radical (unpaired) electrons. The molecule has 5 heteroatoms. The Morgan fingerprint density at radius 3 is 2.43 bits per heavy atom. The van der Waals surface area contributed by atoms with Crippen LogP contribution in [-0.2, 0) is 9.59 Å². The zero-order chi connectivity index (χ0) is 11.0. The monoisotopic (exact) mass is 202 g/mol. The number of amides is 2. The first-order valence-corrected chi connectivity index (χ1v) is 4.75. The summed E-state index contributed by atoms with van der Waals surface area (Å²) in [5, 5.41) is 11.4. The number of rotatable bonds is 7. The van der Waals surface area contributed by atoms with Crippen LogP contribution in [0.15, 0.2) is 0 Å². The Hall–Kier alpha value is -1.10. The van der Waals surface area contributed by atoms with Crippen LogP contribution in [0.5, 0.6) is 0 Å². The highest BCUT2D eigenvalue weighted by Crippen LogP contribution is 1.98. The molecule has 0 heterocycles. The third-order valence-electron chi connectivity index (χ3n) is 1.67. The molecule has 0 aromatic carbocycles. The summed E-state index contributed by atoms with van der Waals surface area (Å²) < 4.78 is 0. The highest BCUT2D eigenvalue weighted by Gasteiger charge is 2.03. The number of nitrogens with one attached hydrogen (secondary N) is 1. The first-order chi connectivity index (χ1) is 6.52. The molecule has 0 saturated carbocycles. The minimum absolute atomic E-state index is 0.102. The maximum atomic E-state index is 11.1. The van der Waals surface area contributed by atoms with E-state index >= 15 is 0 Å². The SMILES string of the molecule is CC(O)CNC(=O)CCCCC(N)=O. The summed E-state index contributed by atoms with van der Waals surface area (Å²) in [7, 11) is 0. The smallest absolute Gasteiger partial charge is 0.220 e. The molecule has 0 rings (SSSR count). The minimum Gasteiger partial charge on any atom is -0.392 e. The van der Waals surface area contributed by atoms with Crippen molar-refractivity contribution < 1.29 is 14.7 Å². The Bertz CT molecular complexity index is 192. The van der Waals surface area contributed by atoms with Crippen molar-refractivity contribution in [3.8, 4) is 0 Å². The predicted molar refractivity (Wildman–Crippen MR) is 52.4 cm³/mol. The molecule has 0 aromatic heterocycles. The Kier molecular flexibility index (Phi) is 6.74. The minimum atomic E-state index is -0.524. The maximum absolute atomic E-state index is 11.1. The van der Waals surface area contributed by atoms with E-state index in [-0.39, 0.29) is 18.4 Å². The van der Waals surface area contributed by atoms with E-state index in [1.165, 1.54) is 0 Å². The second kappa shape index (κ2) is 7.32. The zero-order valence-corrected chi connectivity index (χ0v) is 8.45. The molecule has 0 aromatic rings. The fraction of sp³-hybridized carbons (Fsp3) is 0.778. The van der Waals surface area contributed by atoms with E-state index in [2.05, 4.69) is 5.32 Å². The van der Waals surface area contributed by atoms with Crippen molar-refractivity contribution in [2.45, 2.75) is 38.7 Å². The summed E-state index contributed by atoms with van der Waals surface area (Å²) in [4.78, 5) is 21.4. The molecule has 0 fully saturated rings. The number of hydrogen-bond acceptors (Lipinski definition) is 3. The van der Waals surface area contributed by atoms with E-state index < -0.39 is 6.10 Å². The number of nitrogens with two attached hydrogens (primary N) is 1. The largest absolute Gasteiger partial charge is 0.392 e. The number of unbranched alkanes of at least 4 members (excludes halogenated alkanes) is 1. The number of aliphatic hydroxyl groups excluding tert-OH is 1. The second-order valence-corrected chi connectivity index (χ2v) is 3.33. The lowest BCUT2D eigenvalue weighted by atomic mass is 10.2. The molecule has 14 heavy (non-hydrogen) atoms. The van der Waals surface area contributed by atoms with Gasteiger partial charge in [-0.25, -0.2) is 0 Å². The van der Waals surface area contributed by atoms with Gasteiger partial charge in [0.15, 0.2) is 0 Å². The number of carbonyl (C=O) groups excluding carboxylic acids is 2. The first kappa shape index (κ1) is 12.9. The lowest BCUT2D eigenvalue weighted by Crippen LogP contribution is -2.30. The molecule has 0 spiro atoms. The molecule has 0 aliphatic rings. The van der Waals surface area contributed by atoms with E-state index in [0.29, 0.717) is 25.7 Å². The van der Waals surface area contributed by atoms with Crippen LogP contribution in [0.4, 0.5) is 0 Å². The van der Waals surface area contributed by atoms with Crippen LogP contribution < -0.4 is 11.1 Å². The fourth-order valence-corrected chi connectivity index (χ4v) is 0.935. The predicted octanol–water partition coefficient (Wildman–Crippen LogP) is -0.471. The van der Waals surface area contributed by atoms with Crippen molar-refractivity contribution in [3.05, 3.63) is 0 Å². The molecule has 5 nitrogen and oxygen atoms in total. The van der Waals surface area contributed by atoms with Gasteiger partial charge in [0.05, 0.1) is 6.10 Å². The van der Waals surface area contributed by atoms with Gasteiger partial charge >= 0.3 is 0 Å². The Morgan fingerprint density at radius 1 is 1.36 bits per heavy atom. The second-order valence-electron chi connectivity index (χ2n) is 3.33. The average molecular weight is 202 g/mol. The third-order valence-corrected chi connectivity index (χ3v) is 1.67. The van der Waals surface area contributed by atoms with Gasteiger partial charge in [-0.1, -0.05) is 0 Å². The molecule has 82 valence electrons. The van der Waals surface area contributed by atoms with Gasteiger partial charge in [-0.2, -0.15) is 0 Å². The lowest BCUT2D eigenvalue weighted by molar-refractivity contribution is -0.122. The van der Waals surface area contributed by atoms with Crippen LogP contribution in [0.3, 0.4) is 0 Å². The first-order valence-electron chi connectivity index (χ1n) is 4.75. The summed E-state index contributed by atoms with van der Waals surface area (Å²) in [6, 6.07) is 0. The summed E-state index contributed by atoms with van der Waals surface area (Å²) in [5.41, 5.74) is 4.94. The van der Waals surface area contributed by atoms with Gasteiger partial charge in [0.1, 0.15) is 0 Å². The Morgan fingerprint density at radius 2 is 1.93 bits per heavy atom. The molecular formula is C9H18N2O3. The van der Waals surface area contributed by atoms with Crippen molar-refractivity contribution in [1.29, 1.82) is 0 Å². The van der Waals surface area contributed by atoms with E-state index in [4.69, 9.17) is 10.8 Å². The van der Waals surface area contributed by atoms with Gasteiger partial charge in [-0.05, 0) is 19.8 Å². The van der Waals surface area contributed by atoms with Crippen molar-refractivity contribution in [2.24, 2.45) is 5.73 Å². The highest BCUT2D eigenvalue weighted by atomic mass is 16.3.